The van der Waals surface area contributed by atoms with Crippen molar-refractivity contribution in [2.24, 2.45) is 0 Å². The number of thiazole rings is 1. The molecule has 1 aromatic heterocycles. The summed E-state index contributed by atoms with van der Waals surface area (Å²) in [5, 5.41) is 7.69. The van der Waals surface area contributed by atoms with Gasteiger partial charge < -0.3 is 5.32 Å². The van der Waals surface area contributed by atoms with Gasteiger partial charge in [-0.15, -0.1) is 11.3 Å². The summed E-state index contributed by atoms with van der Waals surface area (Å²) in [6.07, 6.45) is 0. The lowest BCUT2D eigenvalue weighted by Gasteiger charge is -2.17. The predicted octanol–water partition coefficient (Wildman–Crippen LogP) is 5.44. The number of carbonyl (C=O) groups is 4. The lowest BCUT2D eigenvalue weighted by molar-refractivity contribution is -0.114. The quantitative estimate of drug-likeness (QED) is 0.348. The van der Waals surface area contributed by atoms with E-state index in [2.05, 4.69) is 15.6 Å². The van der Waals surface area contributed by atoms with Gasteiger partial charge in [0.05, 0.1) is 22.5 Å². The SMILES string of the molecule is CC(=O)Nc1ccc(-c2csc(NC(=O)c3ccc4c(c3)C(=O)N(c3cc(C)ccc3C)C4=O)n2)cc1. The van der Waals surface area contributed by atoms with Crippen LogP contribution in [0.15, 0.2) is 66.0 Å². The van der Waals surface area contributed by atoms with Gasteiger partial charge in [0.25, 0.3) is 17.7 Å². The minimum atomic E-state index is -0.456. The Morgan fingerprint density at radius 3 is 2.32 bits per heavy atom. The van der Waals surface area contributed by atoms with Gasteiger partial charge in [0, 0.05) is 29.1 Å². The van der Waals surface area contributed by atoms with Crippen molar-refractivity contribution in [2.75, 3.05) is 15.5 Å². The van der Waals surface area contributed by atoms with Gasteiger partial charge in [-0.05, 0) is 61.4 Å². The number of hydrogen-bond acceptors (Lipinski definition) is 6. The second-order valence-electron chi connectivity index (χ2n) is 8.75. The minimum Gasteiger partial charge on any atom is -0.326 e. The number of anilines is 3. The zero-order valence-electron chi connectivity index (χ0n) is 20.3. The Morgan fingerprint density at radius 1 is 0.865 bits per heavy atom. The third-order valence-corrected chi connectivity index (χ3v) is 6.74. The van der Waals surface area contributed by atoms with E-state index in [1.54, 1.807) is 18.2 Å². The summed E-state index contributed by atoms with van der Waals surface area (Å²) < 4.78 is 0. The van der Waals surface area contributed by atoms with Crippen molar-refractivity contribution in [3.8, 4) is 11.3 Å². The molecule has 4 amide bonds. The summed E-state index contributed by atoms with van der Waals surface area (Å²) in [4.78, 5) is 56.0. The molecule has 37 heavy (non-hydrogen) atoms. The van der Waals surface area contributed by atoms with Crippen LogP contribution in [0.2, 0.25) is 0 Å². The smallest absolute Gasteiger partial charge is 0.266 e. The van der Waals surface area contributed by atoms with E-state index in [4.69, 9.17) is 0 Å². The van der Waals surface area contributed by atoms with Crippen LogP contribution in [0.4, 0.5) is 16.5 Å². The van der Waals surface area contributed by atoms with Gasteiger partial charge in [0.2, 0.25) is 5.91 Å². The molecule has 0 unspecified atom stereocenters. The molecule has 0 aliphatic carbocycles. The first kappa shape index (κ1) is 24.1. The monoisotopic (exact) mass is 510 g/mol. The molecule has 8 nitrogen and oxygen atoms in total. The van der Waals surface area contributed by atoms with Crippen LogP contribution in [0, 0.1) is 13.8 Å². The number of amides is 4. The van der Waals surface area contributed by atoms with E-state index < -0.39 is 17.7 Å². The fourth-order valence-corrected chi connectivity index (χ4v) is 4.84. The molecule has 1 aliphatic heterocycles. The Bertz CT molecular complexity index is 1590. The summed E-state index contributed by atoms with van der Waals surface area (Å²) in [5.41, 5.74) is 5.18. The molecular formula is C28H22N4O4S. The molecule has 3 aromatic carbocycles. The number of hydrogen-bond donors (Lipinski definition) is 2. The zero-order chi connectivity index (χ0) is 26.3. The van der Waals surface area contributed by atoms with E-state index in [0.717, 1.165) is 16.7 Å². The molecule has 2 N–H and O–H groups in total. The Kier molecular flexibility index (Phi) is 6.14. The molecular weight excluding hydrogens is 488 g/mol. The zero-order valence-corrected chi connectivity index (χ0v) is 21.1. The molecule has 2 heterocycles. The van der Waals surface area contributed by atoms with Gasteiger partial charge in [-0.2, -0.15) is 0 Å². The Hall–Kier alpha value is -4.63. The maximum absolute atomic E-state index is 13.2. The Morgan fingerprint density at radius 2 is 1.59 bits per heavy atom. The van der Waals surface area contributed by atoms with Gasteiger partial charge in [-0.3, -0.25) is 24.5 Å². The van der Waals surface area contributed by atoms with Crippen LogP contribution in [-0.4, -0.2) is 28.6 Å². The van der Waals surface area contributed by atoms with Gasteiger partial charge in [-0.25, -0.2) is 9.88 Å². The fraction of sp³-hybridized carbons (Fsp3) is 0.107. The molecule has 0 radical (unpaired) electrons. The van der Waals surface area contributed by atoms with E-state index in [9.17, 15) is 19.2 Å². The highest BCUT2D eigenvalue weighted by molar-refractivity contribution is 7.14. The molecule has 1 aliphatic rings. The van der Waals surface area contributed by atoms with E-state index in [-0.39, 0.29) is 22.6 Å². The highest BCUT2D eigenvalue weighted by Crippen LogP contribution is 2.32. The molecule has 4 aromatic rings. The van der Waals surface area contributed by atoms with E-state index >= 15 is 0 Å². The third kappa shape index (κ3) is 4.64. The van der Waals surface area contributed by atoms with Gasteiger partial charge >= 0.3 is 0 Å². The first-order valence-electron chi connectivity index (χ1n) is 11.5. The van der Waals surface area contributed by atoms with Crippen LogP contribution < -0.4 is 15.5 Å². The number of aryl methyl sites for hydroxylation is 2. The van der Waals surface area contributed by atoms with Gasteiger partial charge in [-0.1, -0.05) is 24.3 Å². The number of benzene rings is 3. The number of imide groups is 1. The summed E-state index contributed by atoms with van der Waals surface area (Å²) in [6.45, 7) is 5.18. The molecule has 0 saturated heterocycles. The third-order valence-electron chi connectivity index (χ3n) is 5.98. The number of rotatable bonds is 5. The van der Waals surface area contributed by atoms with Crippen molar-refractivity contribution in [2.45, 2.75) is 20.8 Å². The Balaban J connectivity index is 1.34. The maximum Gasteiger partial charge on any atom is 0.266 e. The molecule has 0 bridgehead atoms. The van der Waals surface area contributed by atoms with Crippen molar-refractivity contribution in [3.63, 3.8) is 0 Å². The standard InChI is InChI=1S/C28H22N4O4S/c1-15-4-5-16(2)24(12-15)32-26(35)21-11-8-19(13-22(21)27(32)36)25(34)31-28-30-23(14-37-28)18-6-9-20(10-7-18)29-17(3)33/h4-14H,1-3H3,(H,29,33)(H,30,31,34). The van der Waals surface area contributed by atoms with Crippen molar-refractivity contribution in [3.05, 3.63) is 93.9 Å². The highest BCUT2D eigenvalue weighted by atomic mass is 32.1. The largest absolute Gasteiger partial charge is 0.326 e. The molecule has 0 fully saturated rings. The maximum atomic E-state index is 13.2. The molecule has 0 atom stereocenters. The Labute approximate surface area is 217 Å². The van der Waals surface area contributed by atoms with Crippen molar-refractivity contribution in [1.82, 2.24) is 4.98 Å². The second-order valence-corrected chi connectivity index (χ2v) is 9.60. The molecule has 5 rings (SSSR count). The summed E-state index contributed by atoms with van der Waals surface area (Å²) >= 11 is 1.27. The van der Waals surface area contributed by atoms with Crippen LogP contribution in [-0.2, 0) is 4.79 Å². The second kappa shape index (κ2) is 9.44. The van der Waals surface area contributed by atoms with E-state index in [0.29, 0.717) is 22.2 Å². The van der Waals surface area contributed by atoms with Crippen LogP contribution in [0.1, 0.15) is 49.1 Å². The van der Waals surface area contributed by atoms with Crippen LogP contribution in [0.25, 0.3) is 11.3 Å². The van der Waals surface area contributed by atoms with Crippen molar-refractivity contribution in [1.29, 1.82) is 0 Å². The normalized spacial score (nSPS) is 12.5. The van der Waals surface area contributed by atoms with Gasteiger partial charge in [0.1, 0.15) is 0 Å². The number of nitrogens with one attached hydrogen (secondary N) is 2. The van der Waals surface area contributed by atoms with Crippen LogP contribution in [0.3, 0.4) is 0 Å². The molecule has 184 valence electrons. The van der Waals surface area contributed by atoms with E-state index in [1.165, 1.54) is 41.4 Å². The number of carbonyl (C=O) groups excluding carboxylic acids is 4. The first-order chi connectivity index (χ1) is 17.7. The number of nitrogens with zero attached hydrogens (tertiary/aromatic N) is 2. The lowest BCUT2D eigenvalue weighted by atomic mass is 10.1. The topological polar surface area (TPSA) is 108 Å². The summed E-state index contributed by atoms with van der Waals surface area (Å²) in [5.74, 6) is -1.45. The first-order valence-corrected chi connectivity index (χ1v) is 12.3. The molecule has 9 heteroatoms. The average molecular weight is 511 g/mol. The van der Waals surface area contributed by atoms with E-state index in [1.807, 2.05) is 43.5 Å². The number of fused-ring (bicyclic) bond motifs is 1. The fourth-order valence-electron chi connectivity index (χ4n) is 4.12. The minimum absolute atomic E-state index is 0.151. The lowest BCUT2D eigenvalue weighted by Crippen LogP contribution is -2.30. The summed E-state index contributed by atoms with van der Waals surface area (Å²) in [7, 11) is 0. The highest BCUT2D eigenvalue weighted by Gasteiger charge is 2.37. The molecule has 0 spiro atoms. The molecule has 0 saturated carbocycles. The predicted molar refractivity (Wildman–Crippen MR) is 143 cm³/mol. The number of aromatic nitrogens is 1. The summed E-state index contributed by atoms with van der Waals surface area (Å²) in [6, 6.07) is 17.3. The van der Waals surface area contributed by atoms with Gasteiger partial charge in [0.15, 0.2) is 5.13 Å². The van der Waals surface area contributed by atoms with Crippen molar-refractivity contribution >= 4 is 51.5 Å². The van der Waals surface area contributed by atoms with Crippen molar-refractivity contribution < 1.29 is 19.2 Å². The van der Waals surface area contributed by atoms with Crippen LogP contribution >= 0.6 is 11.3 Å². The average Bonchev–Trinajstić information content (AvgIpc) is 3.43. The van der Waals surface area contributed by atoms with Crippen LogP contribution in [0.5, 0.6) is 0 Å².